The summed E-state index contributed by atoms with van der Waals surface area (Å²) >= 11 is 0. The Morgan fingerprint density at radius 2 is 1.90 bits per heavy atom. The maximum absolute atomic E-state index is 13.0. The van der Waals surface area contributed by atoms with Crippen molar-refractivity contribution in [2.24, 2.45) is 0 Å². The van der Waals surface area contributed by atoms with Crippen molar-refractivity contribution in [1.82, 2.24) is 14.8 Å². The maximum Gasteiger partial charge on any atom is 0.254 e. The molecule has 29 heavy (non-hydrogen) atoms. The maximum atomic E-state index is 13.0. The average molecular weight is 393 g/mol. The van der Waals surface area contributed by atoms with E-state index in [9.17, 15) is 19.5 Å². The third kappa shape index (κ3) is 4.05. The molecule has 0 spiro atoms. The molecule has 7 heteroatoms. The predicted octanol–water partition coefficient (Wildman–Crippen LogP) is 1.52. The lowest BCUT2D eigenvalue weighted by molar-refractivity contribution is -0.138. The molecule has 0 saturated carbocycles. The van der Waals surface area contributed by atoms with E-state index in [1.807, 2.05) is 24.3 Å². The van der Waals surface area contributed by atoms with Crippen molar-refractivity contribution in [1.29, 1.82) is 0 Å². The Morgan fingerprint density at radius 1 is 1.10 bits per heavy atom. The van der Waals surface area contributed by atoms with Crippen LogP contribution in [0.25, 0.3) is 11.1 Å². The summed E-state index contributed by atoms with van der Waals surface area (Å²) in [5, 5.41) is 9.85. The summed E-state index contributed by atoms with van der Waals surface area (Å²) < 4.78 is 0. The molecule has 7 nitrogen and oxygen atoms in total. The molecule has 0 aliphatic carbocycles. The highest BCUT2D eigenvalue weighted by molar-refractivity contribution is 6.04. The van der Waals surface area contributed by atoms with Gasteiger partial charge in [0.1, 0.15) is 6.04 Å². The summed E-state index contributed by atoms with van der Waals surface area (Å²) in [6, 6.07) is 10.1. The van der Waals surface area contributed by atoms with E-state index in [2.05, 4.69) is 4.98 Å². The van der Waals surface area contributed by atoms with Gasteiger partial charge < -0.3 is 14.9 Å². The smallest absolute Gasteiger partial charge is 0.254 e. The van der Waals surface area contributed by atoms with Gasteiger partial charge in [-0.05, 0) is 42.2 Å². The first-order chi connectivity index (χ1) is 14.0. The van der Waals surface area contributed by atoms with Gasteiger partial charge in [-0.2, -0.15) is 0 Å². The number of aliphatic hydroxyl groups excluding tert-OH is 1. The number of ketones is 1. The molecule has 2 aliphatic rings. The number of carbonyl (C=O) groups is 3. The van der Waals surface area contributed by atoms with Gasteiger partial charge in [-0.3, -0.25) is 19.4 Å². The number of carbonyl (C=O) groups excluding carboxylic acids is 3. The largest absolute Gasteiger partial charge is 0.391 e. The lowest BCUT2D eigenvalue weighted by atomic mass is 10.0. The van der Waals surface area contributed by atoms with Gasteiger partial charge in [0.15, 0.2) is 5.78 Å². The molecule has 1 aromatic heterocycles. The second-order valence-corrected chi connectivity index (χ2v) is 7.59. The van der Waals surface area contributed by atoms with Gasteiger partial charge >= 0.3 is 0 Å². The summed E-state index contributed by atoms with van der Waals surface area (Å²) in [6.45, 7) is 0.740. The van der Waals surface area contributed by atoms with Gasteiger partial charge in [0.05, 0.1) is 12.6 Å². The quantitative estimate of drug-likeness (QED) is 0.854. The first-order valence-electron chi connectivity index (χ1n) is 9.83. The van der Waals surface area contributed by atoms with Crippen LogP contribution in [0, 0.1) is 0 Å². The molecule has 0 bridgehead atoms. The highest BCUT2D eigenvalue weighted by Gasteiger charge is 2.41. The summed E-state index contributed by atoms with van der Waals surface area (Å²) in [6.07, 6.45) is 4.32. The zero-order chi connectivity index (χ0) is 20.4. The third-order valence-corrected chi connectivity index (χ3v) is 5.52. The summed E-state index contributed by atoms with van der Waals surface area (Å²) in [5.74, 6) is -0.708. The molecule has 3 heterocycles. The summed E-state index contributed by atoms with van der Waals surface area (Å²) in [5.41, 5.74) is 2.31. The number of nitrogens with zero attached hydrogens (tertiary/aromatic N) is 3. The number of pyridine rings is 1. The first kappa shape index (κ1) is 19.3. The summed E-state index contributed by atoms with van der Waals surface area (Å²) in [4.78, 5) is 45.1. The van der Waals surface area contributed by atoms with Crippen molar-refractivity contribution in [3.63, 3.8) is 0 Å². The van der Waals surface area contributed by atoms with Crippen LogP contribution in [-0.4, -0.2) is 69.3 Å². The van der Waals surface area contributed by atoms with Crippen molar-refractivity contribution in [3.8, 4) is 11.1 Å². The highest BCUT2D eigenvalue weighted by atomic mass is 16.3. The van der Waals surface area contributed by atoms with E-state index >= 15 is 0 Å². The minimum absolute atomic E-state index is 0.0327. The number of β-amino-alcohol motifs (C(OH)–C–C–N with tert-alkyl or cyclic N) is 1. The molecule has 4 rings (SSSR count). The second-order valence-electron chi connectivity index (χ2n) is 7.59. The Morgan fingerprint density at radius 3 is 2.59 bits per heavy atom. The molecule has 2 unspecified atom stereocenters. The van der Waals surface area contributed by atoms with E-state index in [4.69, 9.17) is 0 Å². The van der Waals surface area contributed by atoms with Gasteiger partial charge in [-0.15, -0.1) is 0 Å². The lowest BCUT2D eigenvalue weighted by Gasteiger charge is -2.34. The van der Waals surface area contributed by atoms with Gasteiger partial charge in [0, 0.05) is 37.5 Å². The number of hydrogen-bond acceptors (Lipinski definition) is 5. The molecular formula is C22H23N3O4. The number of aliphatic hydroxyl groups is 1. The first-order valence-corrected chi connectivity index (χ1v) is 9.83. The summed E-state index contributed by atoms with van der Waals surface area (Å²) in [7, 11) is 0. The number of piperidine rings is 1. The van der Waals surface area contributed by atoms with Crippen LogP contribution in [0.5, 0.6) is 0 Å². The Hall–Kier alpha value is -3.06. The van der Waals surface area contributed by atoms with Gasteiger partial charge in [0.2, 0.25) is 5.91 Å². The van der Waals surface area contributed by atoms with Crippen LogP contribution < -0.4 is 0 Å². The monoisotopic (exact) mass is 393 g/mol. The van der Waals surface area contributed by atoms with Crippen LogP contribution in [-0.2, 0) is 9.59 Å². The zero-order valence-electron chi connectivity index (χ0n) is 16.0. The second kappa shape index (κ2) is 8.13. The Kier molecular flexibility index (Phi) is 5.40. The van der Waals surface area contributed by atoms with Crippen LogP contribution in [0.3, 0.4) is 0 Å². The van der Waals surface area contributed by atoms with E-state index in [0.29, 0.717) is 18.5 Å². The van der Waals surface area contributed by atoms with Crippen molar-refractivity contribution in [3.05, 3.63) is 54.4 Å². The third-order valence-electron chi connectivity index (χ3n) is 5.52. The molecule has 2 aliphatic heterocycles. The molecule has 150 valence electrons. The fourth-order valence-corrected chi connectivity index (χ4v) is 3.99. The van der Waals surface area contributed by atoms with Gasteiger partial charge in [0.25, 0.3) is 5.91 Å². The Labute approximate surface area is 169 Å². The van der Waals surface area contributed by atoms with Crippen molar-refractivity contribution in [2.75, 3.05) is 19.6 Å². The average Bonchev–Trinajstić information content (AvgIpc) is 3.15. The van der Waals surface area contributed by atoms with Crippen LogP contribution in [0.2, 0.25) is 0 Å². The molecule has 1 aromatic carbocycles. The number of aromatic nitrogens is 1. The number of benzene rings is 1. The number of Topliss-reactive ketones (excluding diaryl/α,β-unsaturated/α-hetero) is 1. The zero-order valence-corrected chi connectivity index (χ0v) is 16.0. The van der Waals surface area contributed by atoms with E-state index in [-0.39, 0.29) is 37.1 Å². The standard InChI is InChI=1S/C22H23N3O4/c26-18-4-2-10-24(13-18)22(29)20-11-19(27)14-25(20)21(28)16-7-5-15(6-8-16)17-3-1-9-23-12-17/h1,3,5-9,12,18,20,26H,2,4,10-11,13-14H2. The molecule has 2 aromatic rings. The SMILES string of the molecule is O=C1CC(C(=O)N2CCCC(O)C2)N(C(=O)c2ccc(-c3cccnc3)cc2)C1. The number of rotatable bonds is 3. The van der Waals surface area contributed by atoms with Gasteiger partial charge in [-0.25, -0.2) is 0 Å². The van der Waals surface area contributed by atoms with Crippen LogP contribution in [0.1, 0.15) is 29.6 Å². The Balaban J connectivity index is 1.52. The minimum atomic E-state index is -0.793. The molecule has 0 radical (unpaired) electrons. The van der Waals surface area contributed by atoms with Gasteiger partial charge in [-0.1, -0.05) is 18.2 Å². The van der Waals surface area contributed by atoms with Crippen molar-refractivity contribution in [2.45, 2.75) is 31.4 Å². The number of amides is 2. The molecule has 2 fully saturated rings. The lowest BCUT2D eigenvalue weighted by Crippen LogP contribution is -2.51. The van der Waals surface area contributed by atoms with Crippen molar-refractivity contribution >= 4 is 17.6 Å². The fraction of sp³-hybridized carbons (Fsp3) is 0.364. The van der Waals surface area contributed by atoms with E-state index in [0.717, 1.165) is 17.5 Å². The molecular weight excluding hydrogens is 370 g/mol. The van der Waals surface area contributed by atoms with E-state index in [1.54, 1.807) is 29.4 Å². The minimum Gasteiger partial charge on any atom is -0.391 e. The van der Waals surface area contributed by atoms with E-state index < -0.39 is 12.1 Å². The van der Waals surface area contributed by atoms with E-state index in [1.165, 1.54) is 4.90 Å². The number of likely N-dealkylation sites (tertiary alicyclic amines) is 2. The fourth-order valence-electron chi connectivity index (χ4n) is 3.99. The normalized spacial score (nSPS) is 22.0. The molecule has 2 amide bonds. The topological polar surface area (TPSA) is 90.8 Å². The molecule has 2 saturated heterocycles. The Bertz CT molecular complexity index is 913. The number of hydrogen-bond donors (Lipinski definition) is 1. The predicted molar refractivity (Wildman–Crippen MR) is 106 cm³/mol. The van der Waals surface area contributed by atoms with Crippen molar-refractivity contribution < 1.29 is 19.5 Å². The highest BCUT2D eigenvalue weighted by Crippen LogP contribution is 2.24. The molecule has 2 atom stereocenters. The van der Waals surface area contributed by atoms with Crippen LogP contribution in [0.15, 0.2) is 48.8 Å². The van der Waals surface area contributed by atoms with Crippen LogP contribution >= 0.6 is 0 Å². The van der Waals surface area contributed by atoms with Crippen LogP contribution in [0.4, 0.5) is 0 Å². The molecule has 1 N–H and O–H groups in total.